The summed E-state index contributed by atoms with van der Waals surface area (Å²) in [5.41, 5.74) is 8.03. The Balaban J connectivity index is 2.53. The maximum atomic E-state index is 5.66. The molecule has 0 heterocycles. The topological polar surface area (TPSA) is 44.5 Å². The van der Waals surface area contributed by atoms with Crippen molar-refractivity contribution in [3.05, 3.63) is 35.4 Å². The van der Waals surface area contributed by atoms with Gasteiger partial charge in [-0.05, 0) is 12.5 Å². The fourth-order valence-corrected chi connectivity index (χ4v) is 1.36. The molecule has 2 N–H and O–H groups in total. The van der Waals surface area contributed by atoms with Crippen molar-refractivity contribution in [1.82, 2.24) is 0 Å². The Morgan fingerprint density at radius 3 is 2.40 bits per heavy atom. The minimum absolute atomic E-state index is 0.0271. The van der Waals surface area contributed by atoms with Crippen LogP contribution in [0.15, 0.2) is 24.3 Å². The van der Waals surface area contributed by atoms with Crippen LogP contribution < -0.4 is 5.73 Å². The maximum absolute atomic E-state index is 5.66. The van der Waals surface area contributed by atoms with Crippen molar-refractivity contribution in [2.45, 2.75) is 13.0 Å². The lowest BCUT2D eigenvalue weighted by Crippen LogP contribution is -2.17. The van der Waals surface area contributed by atoms with E-state index in [4.69, 9.17) is 15.2 Å². The molecule has 0 aliphatic heterocycles. The summed E-state index contributed by atoms with van der Waals surface area (Å²) < 4.78 is 10.5. The van der Waals surface area contributed by atoms with Crippen LogP contribution in [0.3, 0.4) is 0 Å². The van der Waals surface area contributed by atoms with Gasteiger partial charge in [0.15, 0.2) is 0 Å². The molecule has 1 aromatic rings. The predicted octanol–water partition coefficient (Wildman–Crippen LogP) is 1.66. The van der Waals surface area contributed by atoms with Gasteiger partial charge >= 0.3 is 0 Å². The molecule has 0 bridgehead atoms. The van der Waals surface area contributed by atoms with Gasteiger partial charge in [0, 0.05) is 13.7 Å². The fourth-order valence-electron chi connectivity index (χ4n) is 1.36. The number of methoxy groups -OCH3 is 1. The van der Waals surface area contributed by atoms with Crippen molar-refractivity contribution in [3.63, 3.8) is 0 Å². The normalized spacial score (nSPS) is 12.7. The summed E-state index contributed by atoms with van der Waals surface area (Å²) in [4.78, 5) is 0. The molecule has 1 atom stereocenters. The highest BCUT2D eigenvalue weighted by Gasteiger charge is 2.08. The highest BCUT2D eigenvalue weighted by Crippen LogP contribution is 2.16. The van der Waals surface area contributed by atoms with Crippen LogP contribution in [0, 0.1) is 6.92 Å². The van der Waals surface area contributed by atoms with E-state index in [-0.39, 0.29) is 6.10 Å². The molecule has 15 heavy (non-hydrogen) atoms. The standard InChI is InChI=1S/C12H19NO2/c1-10-3-5-11(6-4-10)12(9-13)15-8-7-14-2/h3-6,12H,7-9,13H2,1-2H3. The molecule has 1 rings (SSSR count). The Morgan fingerprint density at radius 1 is 1.20 bits per heavy atom. The molecule has 0 fully saturated rings. The van der Waals surface area contributed by atoms with Crippen molar-refractivity contribution in [2.24, 2.45) is 5.73 Å². The average Bonchev–Trinajstić information content (AvgIpc) is 2.26. The number of nitrogens with two attached hydrogens (primary N) is 1. The number of ether oxygens (including phenoxy) is 2. The van der Waals surface area contributed by atoms with Crippen LogP contribution in [-0.2, 0) is 9.47 Å². The summed E-state index contributed by atoms with van der Waals surface area (Å²) in [5, 5.41) is 0. The van der Waals surface area contributed by atoms with E-state index >= 15 is 0 Å². The lowest BCUT2D eigenvalue weighted by molar-refractivity contribution is 0.0207. The second kappa shape index (κ2) is 6.56. The quantitative estimate of drug-likeness (QED) is 0.725. The van der Waals surface area contributed by atoms with Gasteiger partial charge in [-0.3, -0.25) is 0 Å². The second-order valence-electron chi connectivity index (χ2n) is 3.50. The average molecular weight is 209 g/mol. The second-order valence-corrected chi connectivity index (χ2v) is 3.50. The third-order valence-corrected chi connectivity index (χ3v) is 2.27. The van der Waals surface area contributed by atoms with E-state index in [0.29, 0.717) is 19.8 Å². The molecule has 1 unspecified atom stereocenters. The summed E-state index contributed by atoms with van der Waals surface area (Å²) in [6, 6.07) is 8.24. The Bertz CT molecular complexity index is 271. The van der Waals surface area contributed by atoms with E-state index in [9.17, 15) is 0 Å². The molecular weight excluding hydrogens is 190 g/mol. The molecule has 0 aromatic heterocycles. The molecule has 84 valence electrons. The summed E-state index contributed by atoms with van der Waals surface area (Å²) in [5.74, 6) is 0. The molecule has 0 saturated heterocycles. The van der Waals surface area contributed by atoms with Gasteiger partial charge in [-0.1, -0.05) is 29.8 Å². The van der Waals surface area contributed by atoms with E-state index in [0.717, 1.165) is 5.56 Å². The van der Waals surface area contributed by atoms with Crippen LogP contribution in [-0.4, -0.2) is 26.9 Å². The van der Waals surface area contributed by atoms with Crippen LogP contribution in [0.5, 0.6) is 0 Å². The fraction of sp³-hybridized carbons (Fsp3) is 0.500. The minimum Gasteiger partial charge on any atom is -0.382 e. The van der Waals surface area contributed by atoms with Crippen LogP contribution >= 0.6 is 0 Å². The molecule has 1 aromatic carbocycles. The predicted molar refractivity (Wildman–Crippen MR) is 60.8 cm³/mol. The first kappa shape index (κ1) is 12.2. The van der Waals surface area contributed by atoms with Crippen molar-refractivity contribution >= 4 is 0 Å². The van der Waals surface area contributed by atoms with Gasteiger partial charge < -0.3 is 15.2 Å². The number of aryl methyl sites for hydroxylation is 1. The zero-order valence-corrected chi connectivity index (χ0v) is 9.40. The largest absolute Gasteiger partial charge is 0.382 e. The summed E-state index contributed by atoms with van der Waals surface area (Å²) in [6.45, 7) is 3.73. The smallest absolute Gasteiger partial charge is 0.0948 e. The number of hydrogen-bond donors (Lipinski definition) is 1. The van der Waals surface area contributed by atoms with Crippen LogP contribution in [0.25, 0.3) is 0 Å². The molecule has 0 radical (unpaired) electrons. The van der Waals surface area contributed by atoms with Crippen LogP contribution in [0.4, 0.5) is 0 Å². The van der Waals surface area contributed by atoms with Crippen LogP contribution in [0.1, 0.15) is 17.2 Å². The lowest BCUT2D eigenvalue weighted by Gasteiger charge is -2.16. The zero-order chi connectivity index (χ0) is 11.1. The minimum atomic E-state index is -0.0271. The van der Waals surface area contributed by atoms with Gasteiger partial charge in [0.1, 0.15) is 0 Å². The molecule has 3 heteroatoms. The highest BCUT2D eigenvalue weighted by atomic mass is 16.5. The summed E-state index contributed by atoms with van der Waals surface area (Å²) in [7, 11) is 1.66. The number of hydrogen-bond acceptors (Lipinski definition) is 3. The van der Waals surface area contributed by atoms with E-state index in [1.807, 2.05) is 0 Å². The third kappa shape index (κ3) is 4.00. The van der Waals surface area contributed by atoms with Crippen molar-refractivity contribution in [3.8, 4) is 0 Å². The molecule has 0 aliphatic rings. The third-order valence-electron chi connectivity index (χ3n) is 2.27. The van der Waals surface area contributed by atoms with Gasteiger partial charge in [0.25, 0.3) is 0 Å². The Kier molecular flexibility index (Phi) is 5.32. The molecule has 3 nitrogen and oxygen atoms in total. The van der Waals surface area contributed by atoms with Gasteiger partial charge in [-0.25, -0.2) is 0 Å². The van der Waals surface area contributed by atoms with Gasteiger partial charge in [0.05, 0.1) is 19.3 Å². The molecular formula is C12H19NO2. The first-order chi connectivity index (χ1) is 7.27. The SMILES string of the molecule is COCCOC(CN)c1ccc(C)cc1. The first-order valence-corrected chi connectivity index (χ1v) is 5.15. The van der Waals surface area contributed by atoms with Crippen molar-refractivity contribution in [2.75, 3.05) is 26.9 Å². The van der Waals surface area contributed by atoms with Crippen LogP contribution in [0.2, 0.25) is 0 Å². The Labute approximate surface area is 91.2 Å². The van der Waals surface area contributed by atoms with E-state index < -0.39 is 0 Å². The molecule has 0 aliphatic carbocycles. The van der Waals surface area contributed by atoms with Gasteiger partial charge in [-0.15, -0.1) is 0 Å². The highest BCUT2D eigenvalue weighted by molar-refractivity contribution is 5.23. The van der Waals surface area contributed by atoms with Crippen molar-refractivity contribution < 1.29 is 9.47 Å². The summed E-state index contributed by atoms with van der Waals surface area (Å²) in [6.07, 6.45) is -0.0271. The van der Waals surface area contributed by atoms with Gasteiger partial charge in [0.2, 0.25) is 0 Å². The Hall–Kier alpha value is -0.900. The maximum Gasteiger partial charge on any atom is 0.0948 e. The van der Waals surface area contributed by atoms with E-state index in [1.54, 1.807) is 7.11 Å². The molecule has 0 amide bonds. The van der Waals surface area contributed by atoms with E-state index in [2.05, 4.69) is 31.2 Å². The zero-order valence-electron chi connectivity index (χ0n) is 9.40. The Morgan fingerprint density at radius 2 is 1.87 bits per heavy atom. The lowest BCUT2D eigenvalue weighted by atomic mass is 10.1. The molecule has 0 spiro atoms. The van der Waals surface area contributed by atoms with E-state index in [1.165, 1.54) is 5.56 Å². The van der Waals surface area contributed by atoms with Crippen molar-refractivity contribution in [1.29, 1.82) is 0 Å². The van der Waals surface area contributed by atoms with Gasteiger partial charge in [-0.2, -0.15) is 0 Å². The monoisotopic (exact) mass is 209 g/mol. The number of benzene rings is 1. The number of rotatable bonds is 6. The molecule has 0 saturated carbocycles. The first-order valence-electron chi connectivity index (χ1n) is 5.15. The summed E-state index contributed by atoms with van der Waals surface area (Å²) >= 11 is 0.